The monoisotopic (exact) mass is 235 g/mol. The van der Waals surface area contributed by atoms with Crippen LogP contribution in [0.4, 0.5) is 0 Å². The lowest BCUT2D eigenvalue weighted by Gasteiger charge is -2.12. The van der Waals surface area contributed by atoms with Gasteiger partial charge >= 0.3 is 0 Å². The van der Waals surface area contributed by atoms with E-state index in [1.165, 1.54) is 13.5 Å². The molecule has 0 aliphatic rings. The van der Waals surface area contributed by atoms with Gasteiger partial charge in [0.05, 0.1) is 0 Å². The van der Waals surface area contributed by atoms with E-state index in [9.17, 15) is 0 Å². The maximum atomic E-state index is 4.50. The first-order valence-electron chi connectivity index (χ1n) is 6.87. The molecular formula is C15H41N. The fourth-order valence-electron chi connectivity index (χ4n) is 0. The van der Waals surface area contributed by atoms with Crippen molar-refractivity contribution in [2.75, 3.05) is 7.05 Å². The normalized spacial score (nSPS) is 7.88. The fraction of sp³-hybridized carbons (Fsp3) is 1.00. The van der Waals surface area contributed by atoms with E-state index in [1.807, 2.05) is 27.7 Å². The Kier molecular flexibility index (Phi) is 54.6. The van der Waals surface area contributed by atoms with Gasteiger partial charge in [-0.25, -0.2) is 0 Å². The molecular weight excluding hydrogens is 194 g/mol. The van der Waals surface area contributed by atoms with Crippen molar-refractivity contribution in [2.24, 2.45) is 17.1 Å². The van der Waals surface area contributed by atoms with Gasteiger partial charge in [0.2, 0.25) is 0 Å². The number of hydrogen-bond acceptors (Lipinski definition) is 1. The molecule has 0 unspecified atom stereocenters. The molecule has 0 aromatic carbocycles. The summed E-state index contributed by atoms with van der Waals surface area (Å²) in [5.41, 5.74) is 5.04. The van der Waals surface area contributed by atoms with Crippen LogP contribution in [0, 0.1) is 11.3 Å². The topological polar surface area (TPSA) is 26.0 Å². The summed E-state index contributed by atoms with van der Waals surface area (Å²) in [7, 11) is 1.50. The van der Waals surface area contributed by atoms with Crippen LogP contribution in [0.2, 0.25) is 0 Å². The van der Waals surface area contributed by atoms with E-state index in [1.54, 1.807) is 0 Å². The first-order chi connectivity index (χ1) is 7.29. The SMILES string of the molecule is CC.CC.CC(C)C.CCC(C)(C)C.CN. The second-order valence-electron chi connectivity index (χ2n) is 4.65. The van der Waals surface area contributed by atoms with E-state index in [-0.39, 0.29) is 0 Å². The average Bonchev–Trinajstić information content (AvgIpc) is 2.25. The Morgan fingerprint density at radius 1 is 0.812 bits per heavy atom. The molecule has 0 aliphatic carbocycles. The molecule has 0 fully saturated rings. The Hall–Kier alpha value is -0.0400. The summed E-state index contributed by atoms with van der Waals surface area (Å²) in [6.07, 6.45) is 1.27. The Labute approximate surface area is 107 Å². The molecule has 0 saturated carbocycles. The minimum atomic E-state index is 0.542. The van der Waals surface area contributed by atoms with Gasteiger partial charge in [-0.15, -0.1) is 0 Å². The predicted octanol–water partition coefficient (Wildman–Crippen LogP) is 5.73. The standard InChI is InChI=1S/C6H14.C4H10.2C2H6.CH5N/c1-5-6(2,3)4;1-4(2)3;3*1-2/h5H2,1-4H3;4H,1-3H3;2*1-2H3;2H2,1H3. The van der Waals surface area contributed by atoms with Crippen LogP contribution in [0.5, 0.6) is 0 Å². The molecule has 0 saturated heterocycles. The van der Waals surface area contributed by atoms with E-state index < -0.39 is 0 Å². The zero-order chi connectivity index (χ0) is 14.8. The summed E-state index contributed by atoms with van der Waals surface area (Å²) in [4.78, 5) is 0. The van der Waals surface area contributed by atoms with Crippen molar-refractivity contribution in [3.8, 4) is 0 Å². The third-order valence-corrected chi connectivity index (χ3v) is 1.06. The Bertz CT molecular complexity index is 57.6. The first-order valence-corrected chi connectivity index (χ1v) is 6.87. The zero-order valence-corrected chi connectivity index (χ0v) is 14.4. The molecule has 0 bridgehead atoms. The Balaban J connectivity index is -0.0000000354. The number of hydrogen-bond donors (Lipinski definition) is 1. The van der Waals surface area contributed by atoms with Gasteiger partial charge in [-0.3, -0.25) is 0 Å². The minimum absolute atomic E-state index is 0.542. The van der Waals surface area contributed by atoms with Gasteiger partial charge in [0.1, 0.15) is 0 Å². The van der Waals surface area contributed by atoms with Crippen LogP contribution < -0.4 is 5.73 Å². The third-order valence-electron chi connectivity index (χ3n) is 1.06. The number of rotatable bonds is 0. The summed E-state index contributed by atoms with van der Waals surface area (Å²) in [5.74, 6) is 0.833. The number of nitrogens with two attached hydrogens (primary N) is 1. The second-order valence-corrected chi connectivity index (χ2v) is 4.65. The molecule has 2 N–H and O–H groups in total. The van der Waals surface area contributed by atoms with Gasteiger partial charge in [0.25, 0.3) is 0 Å². The molecule has 0 heterocycles. The second kappa shape index (κ2) is 29.4. The van der Waals surface area contributed by atoms with Crippen molar-refractivity contribution in [3.63, 3.8) is 0 Å². The molecule has 0 aliphatic heterocycles. The Morgan fingerprint density at radius 2 is 0.875 bits per heavy atom. The average molecular weight is 235 g/mol. The van der Waals surface area contributed by atoms with Crippen molar-refractivity contribution in [2.45, 2.75) is 82.6 Å². The highest BCUT2D eigenvalue weighted by molar-refractivity contribution is 4.55. The molecule has 0 spiro atoms. The highest BCUT2D eigenvalue weighted by Gasteiger charge is 2.03. The Morgan fingerprint density at radius 3 is 0.875 bits per heavy atom. The van der Waals surface area contributed by atoms with Gasteiger partial charge in [0, 0.05) is 0 Å². The van der Waals surface area contributed by atoms with E-state index in [4.69, 9.17) is 0 Å². The smallest absolute Gasteiger partial charge is 0.0195 e. The van der Waals surface area contributed by atoms with Crippen LogP contribution in [0.3, 0.4) is 0 Å². The van der Waals surface area contributed by atoms with Crippen LogP contribution >= 0.6 is 0 Å². The highest BCUT2D eigenvalue weighted by atomic mass is 14.4. The summed E-state index contributed by atoms with van der Waals surface area (Å²) < 4.78 is 0. The van der Waals surface area contributed by atoms with Gasteiger partial charge in [-0.2, -0.15) is 0 Å². The third kappa shape index (κ3) is 268. The van der Waals surface area contributed by atoms with Crippen LogP contribution in [0.1, 0.15) is 82.6 Å². The van der Waals surface area contributed by atoms with E-state index >= 15 is 0 Å². The summed E-state index contributed by atoms with van der Waals surface area (Å²) in [6.45, 7) is 23.4. The molecule has 1 nitrogen and oxygen atoms in total. The lowest BCUT2D eigenvalue weighted by atomic mass is 9.94. The zero-order valence-electron chi connectivity index (χ0n) is 14.4. The minimum Gasteiger partial charge on any atom is -0.333 e. The lowest BCUT2D eigenvalue weighted by molar-refractivity contribution is 0.398. The molecule has 0 radical (unpaired) electrons. The molecule has 0 aromatic rings. The maximum Gasteiger partial charge on any atom is -0.0195 e. The highest BCUT2D eigenvalue weighted by Crippen LogP contribution is 2.16. The van der Waals surface area contributed by atoms with Gasteiger partial charge in [0.15, 0.2) is 0 Å². The van der Waals surface area contributed by atoms with Gasteiger partial charge < -0.3 is 5.73 Å². The van der Waals surface area contributed by atoms with Crippen molar-refractivity contribution in [3.05, 3.63) is 0 Å². The molecule has 106 valence electrons. The quantitative estimate of drug-likeness (QED) is 0.570. The van der Waals surface area contributed by atoms with Crippen LogP contribution in [-0.2, 0) is 0 Å². The van der Waals surface area contributed by atoms with E-state index in [2.05, 4.69) is 54.2 Å². The fourth-order valence-corrected chi connectivity index (χ4v) is 0. The lowest BCUT2D eigenvalue weighted by Crippen LogP contribution is -2.00. The van der Waals surface area contributed by atoms with Crippen molar-refractivity contribution in [1.82, 2.24) is 0 Å². The van der Waals surface area contributed by atoms with Crippen LogP contribution in [0.15, 0.2) is 0 Å². The molecule has 16 heavy (non-hydrogen) atoms. The van der Waals surface area contributed by atoms with Gasteiger partial charge in [-0.1, -0.05) is 82.6 Å². The summed E-state index contributed by atoms with van der Waals surface area (Å²) in [6, 6.07) is 0. The molecule has 1 heteroatoms. The maximum absolute atomic E-state index is 4.50. The molecule has 0 rings (SSSR count). The summed E-state index contributed by atoms with van der Waals surface area (Å²) in [5, 5.41) is 0. The van der Waals surface area contributed by atoms with Crippen molar-refractivity contribution >= 4 is 0 Å². The van der Waals surface area contributed by atoms with Crippen LogP contribution in [0.25, 0.3) is 0 Å². The molecule has 0 aromatic heterocycles. The van der Waals surface area contributed by atoms with Crippen molar-refractivity contribution < 1.29 is 0 Å². The van der Waals surface area contributed by atoms with E-state index in [0.29, 0.717) is 5.41 Å². The summed E-state index contributed by atoms with van der Waals surface area (Å²) >= 11 is 0. The van der Waals surface area contributed by atoms with E-state index in [0.717, 1.165) is 5.92 Å². The predicted molar refractivity (Wildman–Crippen MR) is 83.1 cm³/mol. The van der Waals surface area contributed by atoms with Crippen molar-refractivity contribution in [1.29, 1.82) is 0 Å². The molecule has 0 atom stereocenters. The first kappa shape index (κ1) is 29.7. The van der Waals surface area contributed by atoms with Gasteiger partial charge in [-0.05, 0) is 18.4 Å². The molecule has 0 amide bonds. The van der Waals surface area contributed by atoms with Crippen LogP contribution in [-0.4, -0.2) is 7.05 Å². The largest absolute Gasteiger partial charge is 0.333 e.